The van der Waals surface area contributed by atoms with E-state index in [9.17, 15) is 0 Å². The third kappa shape index (κ3) is 8.03. The van der Waals surface area contributed by atoms with E-state index >= 15 is 0 Å². The zero-order chi connectivity index (χ0) is 33.1. The van der Waals surface area contributed by atoms with Gasteiger partial charge in [-0.1, -0.05) is 179 Å². The topological polar surface area (TPSA) is 0 Å². The molecule has 0 bridgehead atoms. The average molecular weight is 599 g/mol. The van der Waals surface area contributed by atoms with E-state index in [-0.39, 0.29) is 32.5 Å². The molecule has 0 fully saturated rings. The summed E-state index contributed by atoms with van der Waals surface area (Å²) in [6.07, 6.45) is 0. The molecule has 0 amide bonds. The molecule has 0 aliphatic carbocycles. The Labute approximate surface area is 268 Å². The van der Waals surface area contributed by atoms with Crippen LogP contribution in [0.4, 0.5) is 0 Å². The Morgan fingerprint density at radius 2 is 0.512 bits per heavy atom. The van der Waals surface area contributed by atoms with E-state index in [4.69, 9.17) is 0 Å². The van der Waals surface area contributed by atoms with Crippen LogP contribution >= 0.6 is 7.92 Å². The first-order valence-electron chi connectivity index (χ1n) is 16.4. The Hall–Kier alpha value is -1.91. The largest absolute Gasteiger partial charge is 0.0578 e. The van der Waals surface area contributed by atoms with Gasteiger partial charge in [0, 0.05) is 0 Å². The third-order valence-electron chi connectivity index (χ3n) is 8.73. The molecule has 0 spiro atoms. The van der Waals surface area contributed by atoms with Crippen molar-refractivity contribution in [3.05, 3.63) is 88.0 Å². The van der Waals surface area contributed by atoms with Gasteiger partial charge in [0.05, 0.1) is 0 Å². The first-order chi connectivity index (χ1) is 19.1. The molecule has 0 saturated carbocycles. The Balaban J connectivity index is 2.61. The molecule has 0 heterocycles. The number of rotatable bonds is 3. The summed E-state index contributed by atoms with van der Waals surface area (Å²) in [6, 6.07) is 22.4. The van der Waals surface area contributed by atoms with Gasteiger partial charge in [0.1, 0.15) is 0 Å². The molecule has 3 aromatic carbocycles. The highest BCUT2D eigenvalue weighted by atomic mass is 31.1. The molecule has 236 valence electrons. The molecule has 0 nitrogen and oxygen atoms in total. The molecule has 3 rings (SSSR count). The minimum Gasteiger partial charge on any atom is -0.0578 e. The summed E-state index contributed by atoms with van der Waals surface area (Å²) in [5.74, 6) is 0. The highest BCUT2D eigenvalue weighted by Gasteiger charge is 2.34. The van der Waals surface area contributed by atoms with Crippen LogP contribution in [0.1, 0.15) is 158 Å². The molecule has 0 radical (unpaired) electrons. The molecule has 1 heteroatoms. The Kier molecular flexibility index (Phi) is 9.49. The lowest BCUT2D eigenvalue weighted by Crippen LogP contribution is -2.36. The molecule has 0 aliphatic rings. The van der Waals surface area contributed by atoms with Crippen LogP contribution in [0, 0.1) is 0 Å². The number of hydrogen-bond acceptors (Lipinski definition) is 0. The van der Waals surface area contributed by atoms with Crippen LogP contribution in [0.15, 0.2) is 54.6 Å². The van der Waals surface area contributed by atoms with Crippen molar-refractivity contribution < 1.29 is 0 Å². The second-order valence-electron chi connectivity index (χ2n) is 19.0. The predicted molar refractivity (Wildman–Crippen MR) is 197 cm³/mol. The second kappa shape index (κ2) is 11.5. The summed E-state index contributed by atoms with van der Waals surface area (Å²) >= 11 is 0. The van der Waals surface area contributed by atoms with Gasteiger partial charge in [-0.2, -0.15) is 0 Å². The van der Waals surface area contributed by atoms with Crippen LogP contribution in [0.5, 0.6) is 0 Å². The van der Waals surface area contributed by atoms with Crippen LogP contribution in [-0.2, 0) is 32.5 Å². The quantitative estimate of drug-likeness (QED) is 0.263. The fraction of sp³-hybridized carbons (Fsp3) is 0.571. The van der Waals surface area contributed by atoms with Crippen molar-refractivity contribution in [1.29, 1.82) is 0 Å². The van der Waals surface area contributed by atoms with E-state index in [0.29, 0.717) is 0 Å². The maximum absolute atomic E-state index is 2.53. The van der Waals surface area contributed by atoms with Gasteiger partial charge in [-0.25, -0.2) is 0 Å². The Bertz CT molecular complexity index is 1260. The van der Waals surface area contributed by atoms with Gasteiger partial charge >= 0.3 is 0 Å². The van der Waals surface area contributed by atoms with Crippen LogP contribution < -0.4 is 15.9 Å². The molecule has 0 unspecified atom stereocenters. The molecule has 0 aromatic heterocycles. The lowest BCUT2D eigenvalue weighted by atomic mass is 9.80. The summed E-state index contributed by atoms with van der Waals surface area (Å²) in [4.78, 5) is 0. The van der Waals surface area contributed by atoms with E-state index < -0.39 is 7.92 Å². The van der Waals surface area contributed by atoms with E-state index in [1.54, 1.807) is 0 Å². The Morgan fingerprint density at radius 1 is 0.302 bits per heavy atom. The molecule has 0 aliphatic heterocycles. The van der Waals surface area contributed by atoms with Gasteiger partial charge in [-0.3, -0.25) is 0 Å². The fourth-order valence-corrected chi connectivity index (χ4v) is 9.16. The molecule has 0 N–H and O–H groups in total. The fourth-order valence-electron chi connectivity index (χ4n) is 5.78. The summed E-state index contributed by atoms with van der Waals surface area (Å²) in [7, 11) is -0.846. The molecule has 43 heavy (non-hydrogen) atoms. The predicted octanol–water partition coefficient (Wildman–Crippen LogP) is 11.2. The average Bonchev–Trinajstić information content (AvgIpc) is 2.80. The van der Waals surface area contributed by atoms with Gasteiger partial charge in [0.2, 0.25) is 0 Å². The van der Waals surface area contributed by atoms with Crippen molar-refractivity contribution in [2.24, 2.45) is 0 Å². The first-order valence-corrected chi connectivity index (χ1v) is 17.7. The van der Waals surface area contributed by atoms with E-state index in [1.165, 1.54) is 49.3 Å². The SMILES string of the molecule is CC(C)(C)c1ccc(P(c2ccc(C(C)(C)C)cc2C(C)(C)C)c2ccc(C(C)(C)C)cc2C(C)(C)C)c(C(C)(C)C)c1. The highest BCUT2D eigenvalue weighted by Crippen LogP contribution is 2.45. The van der Waals surface area contributed by atoms with Crippen molar-refractivity contribution in [3.8, 4) is 0 Å². The molecular formula is C42H63P. The lowest BCUT2D eigenvalue weighted by molar-refractivity contribution is 0.571. The number of benzene rings is 3. The lowest BCUT2D eigenvalue weighted by Gasteiger charge is -2.37. The van der Waals surface area contributed by atoms with Crippen molar-refractivity contribution in [3.63, 3.8) is 0 Å². The minimum absolute atomic E-state index is 0.0116. The second-order valence-corrected chi connectivity index (χ2v) is 21.1. The van der Waals surface area contributed by atoms with Gasteiger partial charge in [-0.05, 0) is 89.7 Å². The normalized spacial score (nSPS) is 14.0. The molecule has 3 aromatic rings. The van der Waals surface area contributed by atoms with Crippen molar-refractivity contribution in [2.75, 3.05) is 0 Å². The first kappa shape index (κ1) is 35.6. The summed E-state index contributed by atoms with van der Waals surface area (Å²) in [5.41, 5.74) is 8.98. The maximum atomic E-state index is 2.53. The smallest absolute Gasteiger partial charge is 0.0113 e. The van der Waals surface area contributed by atoms with E-state index in [2.05, 4.69) is 179 Å². The number of hydrogen-bond donors (Lipinski definition) is 0. The van der Waals surface area contributed by atoms with Crippen LogP contribution in [0.25, 0.3) is 0 Å². The summed E-state index contributed by atoms with van der Waals surface area (Å²) in [5, 5.41) is 4.50. The Morgan fingerprint density at radius 3 is 0.674 bits per heavy atom. The van der Waals surface area contributed by atoms with Crippen LogP contribution in [-0.4, -0.2) is 0 Å². The molecular weight excluding hydrogens is 535 g/mol. The zero-order valence-electron chi connectivity index (χ0n) is 31.1. The van der Waals surface area contributed by atoms with Gasteiger partial charge in [0.25, 0.3) is 0 Å². The molecule has 0 atom stereocenters. The standard InChI is InChI=1S/C42H63P/c1-37(2,3)28-19-22-34(31(25-28)40(10,11)12)43(35-23-20-29(38(4,5)6)26-32(35)41(13,14)15)36-24-21-30(39(7,8)9)27-33(36)42(16,17)18/h19-27H,1-18H3. The van der Waals surface area contributed by atoms with Crippen molar-refractivity contribution in [2.45, 2.75) is 157 Å². The van der Waals surface area contributed by atoms with E-state index in [0.717, 1.165) is 0 Å². The monoisotopic (exact) mass is 598 g/mol. The van der Waals surface area contributed by atoms with Crippen LogP contribution in [0.3, 0.4) is 0 Å². The molecule has 0 saturated heterocycles. The van der Waals surface area contributed by atoms with Gasteiger partial charge in [-0.15, -0.1) is 0 Å². The summed E-state index contributed by atoms with van der Waals surface area (Å²) in [6.45, 7) is 42.6. The van der Waals surface area contributed by atoms with Gasteiger partial charge < -0.3 is 0 Å². The maximum Gasteiger partial charge on any atom is -0.0113 e. The van der Waals surface area contributed by atoms with Crippen LogP contribution in [0.2, 0.25) is 0 Å². The third-order valence-corrected chi connectivity index (χ3v) is 11.3. The van der Waals surface area contributed by atoms with Gasteiger partial charge in [0.15, 0.2) is 0 Å². The zero-order valence-corrected chi connectivity index (χ0v) is 32.0. The van der Waals surface area contributed by atoms with Crippen molar-refractivity contribution >= 4 is 23.8 Å². The summed E-state index contributed by atoms with van der Waals surface area (Å²) < 4.78 is 0. The van der Waals surface area contributed by atoms with Crippen molar-refractivity contribution in [1.82, 2.24) is 0 Å². The minimum atomic E-state index is -0.846. The van der Waals surface area contributed by atoms with E-state index in [1.807, 2.05) is 0 Å². The highest BCUT2D eigenvalue weighted by molar-refractivity contribution is 7.80.